The second-order valence-electron chi connectivity index (χ2n) is 4.08. The van der Waals surface area contributed by atoms with Crippen LogP contribution in [0.2, 0.25) is 0 Å². The molecule has 1 aromatic heterocycles. The molecule has 16 heavy (non-hydrogen) atoms. The zero-order chi connectivity index (χ0) is 11.8. The Hall–Kier alpha value is -0.940. The van der Waals surface area contributed by atoms with Gasteiger partial charge in [0.25, 0.3) is 5.91 Å². The molecule has 0 spiro atoms. The average Bonchev–Trinajstić information content (AvgIpc) is 2.24. The fraction of sp³-hybridized carbons (Fsp3) is 0.455. The lowest BCUT2D eigenvalue weighted by Gasteiger charge is -2.46. The van der Waals surface area contributed by atoms with E-state index in [0.29, 0.717) is 29.7 Å². The first-order valence-corrected chi connectivity index (χ1v) is 5.97. The van der Waals surface area contributed by atoms with Crippen LogP contribution in [-0.2, 0) is 0 Å². The Bertz CT molecular complexity index is 416. The van der Waals surface area contributed by atoms with Crippen molar-refractivity contribution < 1.29 is 9.90 Å². The second kappa shape index (κ2) is 4.14. The van der Waals surface area contributed by atoms with Crippen LogP contribution in [0.4, 0.5) is 0 Å². The van der Waals surface area contributed by atoms with E-state index in [2.05, 4.69) is 20.9 Å². The molecule has 1 aliphatic heterocycles. The number of aromatic nitrogens is 1. The molecule has 1 aromatic rings. The Kier molecular flexibility index (Phi) is 2.99. The fourth-order valence-electron chi connectivity index (χ4n) is 1.75. The highest BCUT2D eigenvalue weighted by atomic mass is 79.9. The molecule has 1 aliphatic rings. The third-order valence-corrected chi connectivity index (χ3v) is 3.54. The van der Waals surface area contributed by atoms with Crippen LogP contribution >= 0.6 is 15.9 Å². The molecule has 0 saturated carbocycles. The first-order chi connectivity index (χ1) is 7.56. The van der Waals surface area contributed by atoms with Gasteiger partial charge in [-0.3, -0.25) is 4.79 Å². The lowest BCUT2D eigenvalue weighted by molar-refractivity contribution is -0.0826. The summed E-state index contributed by atoms with van der Waals surface area (Å²) >= 11 is 3.24. The molecule has 0 unspecified atom stereocenters. The molecular formula is C11H13BrN2O2. The number of rotatable bonds is 2. The van der Waals surface area contributed by atoms with Crippen LogP contribution < -0.4 is 0 Å². The molecule has 0 radical (unpaired) electrons. The highest BCUT2D eigenvalue weighted by molar-refractivity contribution is 9.10. The molecule has 0 aromatic carbocycles. The van der Waals surface area contributed by atoms with Gasteiger partial charge < -0.3 is 10.0 Å². The number of halogens is 1. The summed E-state index contributed by atoms with van der Waals surface area (Å²) in [7, 11) is 0. The molecule has 5 heteroatoms. The van der Waals surface area contributed by atoms with Crippen LogP contribution in [0.1, 0.15) is 23.7 Å². The van der Waals surface area contributed by atoms with E-state index in [0.717, 1.165) is 0 Å². The summed E-state index contributed by atoms with van der Waals surface area (Å²) in [6, 6.07) is 3.45. The molecule has 86 valence electrons. The first kappa shape index (κ1) is 11.5. The highest BCUT2D eigenvalue weighted by Crippen LogP contribution is 2.27. The van der Waals surface area contributed by atoms with Gasteiger partial charge in [-0.25, -0.2) is 4.98 Å². The van der Waals surface area contributed by atoms with Gasteiger partial charge in [-0.1, -0.05) is 6.92 Å². The Morgan fingerprint density at radius 2 is 2.38 bits per heavy atom. The Morgan fingerprint density at radius 3 is 2.94 bits per heavy atom. The van der Waals surface area contributed by atoms with Gasteiger partial charge in [0.15, 0.2) is 0 Å². The molecule has 2 heterocycles. The summed E-state index contributed by atoms with van der Waals surface area (Å²) in [5, 5.41) is 9.83. The predicted octanol–water partition coefficient (Wildman–Crippen LogP) is 1.44. The van der Waals surface area contributed by atoms with Crippen LogP contribution in [0.5, 0.6) is 0 Å². The minimum Gasteiger partial charge on any atom is -0.386 e. The van der Waals surface area contributed by atoms with Gasteiger partial charge in [0.1, 0.15) is 4.60 Å². The highest BCUT2D eigenvalue weighted by Gasteiger charge is 2.42. The number of carbonyl (C=O) groups excluding carboxylic acids is 1. The zero-order valence-corrected chi connectivity index (χ0v) is 10.6. The van der Waals surface area contributed by atoms with E-state index >= 15 is 0 Å². The number of hydrogen-bond acceptors (Lipinski definition) is 3. The minimum absolute atomic E-state index is 0.0851. The van der Waals surface area contributed by atoms with E-state index in [4.69, 9.17) is 0 Å². The average molecular weight is 285 g/mol. The molecule has 4 nitrogen and oxygen atoms in total. The van der Waals surface area contributed by atoms with E-state index < -0.39 is 5.60 Å². The van der Waals surface area contributed by atoms with E-state index in [1.54, 1.807) is 23.2 Å². The molecule has 1 fully saturated rings. The molecule has 2 rings (SSSR count). The van der Waals surface area contributed by atoms with Crippen molar-refractivity contribution in [2.24, 2.45) is 0 Å². The molecule has 1 saturated heterocycles. The van der Waals surface area contributed by atoms with Crippen molar-refractivity contribution in [2.75, 3.05) is 13.1 Å². The topological polar surface area (TPSA) is 53.4 Å². The maximum atomic E-state index is 12.0. The van der Waals surface area contributed by atoms with Crippen LogP contribution in [0.3, 0.4) is 0 Å². The summed E-state index contributed by atoms with van der Waals surface area (Å²) in [5.41, 5.74) is -0.148. The normalized spacial score (nSPS) is 18.1. The van der Waals surface area contributed by atoms with Gasteiger partial charge in [-0.05, 0) is 34.5 Å². The van der Waals surface area contributed by atoms with Crippen LogP contribution in [0.25, 0.3) is 0 Å². The lowest BCUT2D eigenvalue weighted by atomic mass is 9.91. The summed E-state index contributed by atoms with van der Waals surface area (Å²) in [6.45, 7) is 2.73. The summed E-state index contributed by atoms with van der Waals surface area (Å²) < 4.78 is 0.548. The Labute approximate surface area is 102 Å². The second-order valence-corrected chi connectivity index (χ2v) is 4.83. The Balaban J connectivity index is 2.09. The summed E-state index contributed by atoms with van der Waals surface area (Å²) in [5.74, 6) is -0.0851. The monoisotopic (exact) mass is 284 g/mol. The van der Waals surface area contributed by atoms with Crippen LogP contribution in [-0.4, -0.2) is 39.6 Å². The third-order valence-electron chi connectivity index (χ3n) is 2.91. The quantitative estimate of drug-likeness (QED) is 0.837. The molecule has 0 atom stereocenters. The molecule has 1 amide bonds. The largest absolute Gasteiger partial charge is 0.386 e. The van der Waals surface area contributed by atoms with Crippen molar-refractivity contribution in [3.8, 4) is 0 Å². The number of β-amino-alcohol motifs (C(OH)–C–C–N with tert-alkyl or cyclic N) is 1. The van der Waals surface area contributed by atoms with Crippen molar-refractivity contribution in [3.63, 3.8) is 0 Å². The number of amides is 1. The first-order valence-electron chi connectivity index (χ1n) is 5.18. The van der Waals surface area contributed by atoms with Crippen LogP contribution in [0, 0.1) is 0 Å². The number of hydrogen-bond donors (Lipinski definition) is 1. The van der Waals surface area contributed by atoms with Gasteiger partial charge in [-0.15, -0.1) is 0 Å². The lowest BCUT2D eigenvalue weighted by Crippen LogP contribution is -2.63. The number of carbonyl (C=O) groups is 1. The predicted molar refractivity (Wildman–Crippen MR) is 63.1 cm³/mol. The zero-order valence-electron chi connectivity index (χ0n) is 8.98. The van der Waals surface area contributed by atoms with E-state index in [9.17, 15) is 9.90 Å². The maximum Gasteiger partial charge on any atom is 0.256 e. The molecule has 1 N–H and O–H groups in total. The fourth-order valence-corrected chi connectivity index (χ4v) is 2.17. The van der Waals surface area contributed by atoms with Crippen molar-refractivity contribution in [2.45, 2.75) is 18.9 Å². The van der Waals surface area contributed by atoms with E-state index in [1.807, 2.05) is 6.92 Å². The number of likely N-dealkylation sites (tertiary alicyclic amines) is 1. The summed E-state index contributed by atoms with van der Waals surface area (Å²) in [6.07, 6.45) is 2.30. The van der Waals surface area contributed by atoms with Crippen LogP contribution in [0.15, 0.2) is 22.9 Å². The summed E-state index contributed by atoms with van der Waals surface area (Å²) in [4.78, 5) is 17.6. The maximum absolute atomic E-state index is 12.0. The Morgan fingerprint density at radius 1 is 1.69 bits per heavy atom. The molecule has 0 bridgehead atoms. The van der Waals surface area contributed by atoms with E-state index in [1.165, 1.54) is 0 Å². The third kappa shape index (κ3) is 1.97. The number of pyridine rings is 1. The number of nitrogens with zero attached hydrogens (tertiary/aromatic N) is 2. The molecule has 0 aliphatic carbocycles. The van der Waals surface area contributed by atoms with Crippen molar-refractivity contribution in [3.05, 3.63) is 28.5 Å². The van der Waals surface area contributed by atoms with Crippen molar-refractivity contribution >= 4 is 21.8 Å². The van der Waals surface area contributed by atoms with Crippen molar-refractivity contribution in [1.82, 2.24) is 9.88 Å². The van der Waals surface area contributed by atoms with E-state index in [-0.39, 0.29) is 5.91 Å². The standard InChI is InChI=1S/C11H13BrN2O2/c1-2-11(16)6-14(7-11)10(15)8-4-3-5-13-9(8)12/h3-5,16H,2,6-7H2,1H3. The minimum atomic E-state index is -0.690. The van der Waals surface area contributed by atoms with Gasteiger partial charge >= 0.3 is 0 Å². The number of aliphatic hydroxyl groups is 1. The van der Waals surface area contributed by atoms with Crippen molar-refractivity contribution in [1.29, 1.82) is 0 Å². The van der Waals surface area contributed by atoms with Gasteiger partial charge in [0, 0.05) is 6.20 Å². The van der Waals surface area contributed by atoms with Gasteiger partial charge in [0.2, 0.25) is 0 Å². The molecular weight excluding hydrogens is 272 g/mol. The smallest absolute Gasteiger partial charge is 0.256 e. The van der Waals surface area contributed by atoms with Gasteiger partial charge in [-0.2, -0.15) is 0 Å². The SMILES string of the molecule is CCC1(O)CN(C(=O)c2cccnc2Br)C1. The van der Waals surface area contributed by atoms with Gasteiger partial charge in [0.05, 0.1) is 24.3 Å².